The number of likely N-dealkylation sites (N-methyl/N-ethyl adjacent to an activating group) is 1. The van der Waals surface area contributed by atoms with E-state index in [1.54, 1.807) is 0 Å². The van der Waals surface area contributed by atoms with E-state index in [0.29, 0.717) is 12.5 Å². The third kappa shape index (κ3) is 3.74. The van der Waals surface area contributed by atoms with Crippen LogP contribution in [0, 0.1) is 11.8 Å². The molecule has 0 spiro atoms. The topological polar surface area (TPSA) is 43.7 Å². The van der Waals surface area contributed by atoms with Gasteiger partial charge in [0.05, 0.1) is 11.7 Å². The smallest absolute Gasteiger partial charge is 0.0768 e. The summed E-state index contributed by atoms with van der Waals surface area (Å²) in [6, 6.07) is 0. The van der Waals surface area contributed by atoms with Crippen molar-refractivity contribution < 1.29 is 10.2 Å². The fraction of sp³-hybridized carbons (Fsp3) is 1.00. The number of hydrogen-bond donors (Lipinski definition) is 2. The molecule has 0 aromatic rings. The Morgan fingerprint density at radius 3 is 2.33 bits per heavy atom. The van der Waals surface area contributed by atoms with Gasteiger partial charge in [-0.05, 0) is 38.6 Å². The second-order valence-corrected chi connectivity index (χ2v) is 5.70. The van der Waals surface area contributed by atoms with Crippen molar-refractivity contribution in [1.82, 2.24) is 4.90 Å². The van der Waals surface area contributed by atoms with Gasteiger partial charge in [-0.1, -0.05) is 13.8 Å². The van der Waals surface area contributed by atoms with Crippen molar-refractivity contribution in [2.24, 2.45) is 11.8 Å². The minimum Gasteiger partial charge on any atom is -0.393 e. The summed E-state index contributed by atoms with van der Waals surface area (Å²) in [6.07, 6.45) is 1.77. The van der Waals surface area contributed by atoms with Crippen LogP contribution in [0.5, 0.6) is 0 Å². The van der Waals surface area contributed by atoms with Crippen LogP contribution in [0.4, 0.5) is 0 Å². The van der Waals surface area contributed by atoms with E-state index in [1.165, 1.54) is 0 Å². The minimum absolute atomic E-state index is 0.0750. The van der Waals surface area contributed by atoms with Crippen molar-refractivity contribution in [1.29, 1.82) is 0 Å². The van der Waals surface area contributed by atoms with Gasteiger partial charge >= 0.3 is 0 Å². The molecule has 0 radical (unpaired) electrons. The Kier molecular flexibility index (Phi) is 4.15. The van der Waals surface area contributed by atoms with Crippen molar-refractivity contribution in [3.05, 3.63) is 0 Å². The highest BCUT2D eigenvalue weighted by molar-refractivity contribution is 4.84. The van der Waals surface area contributed by atoms with Crippen molar-refractivity contribution in [2.45, 2.75) is 45.3 Å². The zero-order chi connectivity index (χ0) is 11.6. The predicted molar refractivity (Wildman–Crippen MR) is 61.7 cm³/mol. The van der Waals surface area contributed by atoms with Gasteiger partial charge < -0.3 is 15.1 Å². The summed E-state index contributed by atoms with van der Waals surface area (Å²) in [5, 5.41) is 19.3. The summed E-state index contributed by atoms with van der Waals surface area (Å²) in [4.78, 5) is 2.18. The lowest BCUT2D eigenvalue weighted by molar-refractivity contribution is -0.0278. The standard InChI is InChI=1S/C12H25NO2/c1-9(2)12(3,15)8-13(4)7-10-5-11(14)6-10/h9-11,14-15H,5-8H2,1-4H3. The van der Waals surface area contributed by atoms with E-state index < -0.39 is 5.60 Å². The number of hydrogen-bond acceptors (Lipinski definition) is 3. The molecule has 1 unspecified atom stereocenters. The fourth-order valence-electron chi connectivity index (χ4n) is 2.08. The molecule has 2 N–H and O–H groups in total. The molecule has 0 aromatic carbocycles. The van der Waals surface area contributed by atoms with Crippen LogP contribution in [0.3, 0.4) is 0 Å². The normalized spacial score (nSPS) is 30.4. The molecule has 1 aliphatic carbocycles. The third-order valence-corrected chi connectivity index (χ3v) is 3.61. The molecular weight excluding hydrogens is 190 g/mol. The van der Waals surface area contributed by atoms with E-state index in [2.05, 4.69) is 4.90 Å². The largest absolute Gasteiger partial charge is 0.393 e. The average molecular weight is 215 g/mol. The molecule has 0 saturated heterocycles. The third-order valence-electron chi connectivity index (χ3n) is 3.61. The number of aliphatic hydroxyl groups is 2. The lowest BCUT2D eigenvalue weighted by atomic mass is 9.82. The maximum absolute atomic E-state index is 10.1. The SMILES string of the molecule is CC(C)C(C)(O)CN(C)CC1CC(O)C1. The average Bonchev–Trinajstić information content (AvgIpc) is 1.99. The van der Waals surface area contributed by atoms with E-state index in [-0.39, 0.29) is 12.0 Å². The predicted octanol–water partition coefficient (Wildman–Crippen LogP) is 1.10. The maximum atomic E-state index is 10.1. The van der Waals surface area contributed by atoms with Gasteiger partial charge in [-0.3, -0.25) is 0 Å². The van der Waals surface area contributed by atoms with E-state index in [1.807, 2.05) is 27.8 Å². The Hall–Kier alpha value is -0.120. The Balaban J connectivity index is 2.26. The zero-order valence-electron chi connectivity index (χ0n) is 10.4. The molecule has 0 aliphatic heterocycles. The van der Waals surface area contributed by atoms with Gasteiger partial charge in [0.25, 0.3) is 0 Å². The van der Waals surface area contributed by atoms with Crippen LogP contribution in [-0.4, -0.2) is 47.0 Å². The van der Waals surface area contributed by atoms with Gasteiger partial charge in [-0.2, -0.15) is 0 Å². The second-order valence-electron chi connectivity index (χ2n) is 5.70. The van der Waals surface area contributed by atoms with E-state index in [4.69, 9.17) is 0 Å². The van der Waals surface area contributed by atoms with E-state index in [9.17, 15) is 10.2 Å². The second kappa shape index (κ2) is 4.81. The highest BCUT2D eigenvalue weighted by Crippen LogP contribution is 2.28. The van der Waals surface area contributed by atoms with E-state index >= 15 is 0 Å². The fourth-order valence-corrected chi connectivity index (χ4v) is 2.08. The van der Waals surface area contributed by atoms with E-state index in [0.717, 1.165) is 19.4 Å². The van der Waals surface area contributed by atoms with Gasteiger partial charge in [-0.25, -0.2) is 0 Å². The minimum atomic E-state index is -0.614. The molecule has 1 atom stereocenters. The van der Waals surface area contributed by atoms with Gasteiger partial charge in [0.15, 0.2) is 0 Å². The molecular formula is C12H25NO2. The molecule has 90 valence electrons. The highest BCUT2D eigenvalue weighted by Gasteiger charge is 2.31. The van der Waals surface area contributed by atoms with Crippen molar-refractivity contribution in [2.75, 3.05) is 20.1 Å². The van der Waals surface area contributed by atoms with Gasteiger partial charge in [0, 0.05) is 13.1 Å². The van der Waals surface area contributed by atoms with Crippen LogP contribution < -0.4 is 0 Å². The first-order valence-corrected chi connectivity index (χ1v) is 5.90. The molecule has 15 heavy (non-hydrogen) atoms. The maximum Gasteiger partial charge on any atom is 0.0768 e. The first kappa shape index (κ1) is 12.9. The molecule has 1 rings (SSSR count). The Labute approximate surface area is 93.1 Å². The summed E-state index contributed by atoms with van der Waals surface area (Å²) in [5.41, 5.74) is -0.614. The molecule has 0 amide bonds. The summed E-state index contributed by atoms with van der Waals surface area (Å²) in [6.45, 7) is 7.67. The molecule has 1 saturated carbocycles. The molecule has 3 heteroatoms. The van der Waals surface area contributed by atoms with Crippen molar-refractivity contribution in [3.63, 3.8) is 0 Å². The Morgan fingerprint density at radius 1 is 1.40 bits per heavy atom. The summed E-state index contributed by atoms with van der Waals surface area (Å²) in [5.74, 6) is 0.889. The van der Waals surface area contributed by atoms with Crippen LogP contribution in [-0.2, 0) is 0 Å². The lowest BCUT2D eigenvalue weighted by Crippen LogP contribution is -2.46. The monoisotopic (exact) mass is 215 g/mol. The lowest BCUT2D eigenvalue weighted by Gasteiger charge is -2.38. The number of nitrogens with zero attached hydrogens (tertiary/aromatic N) is 1. The molecule has 1 aliphatic rings. The Bertz CT molecular complexity index is 198. The number of rotatable bonds is 5. The quantitative estimate of drug-likeness (QED) is 0.721. The van der Waals surface area contributed by atoms with Crippen molar-refractivity contribution in [3.8, 4) is 0 Å². The van der Waals surface area contributed by atoms with Gasteiger partial charge in [-0.15, -0.1) is 0 Å². The summed E-state index contributed by atoms with van der Waals surface area (Å²) >= 11 is 0. The zero-order valence-corrected chi connectivity index (χ0v) is 10.4. The molecule has 0 heterocycles. The molecule has 3 nitrogen and oxygen atoms in total. The van der Waals surface area contributed by atoms with Crippen LogP contribution in [0.15, 0.2) is 0 Å². The van der Waals surface area contributed by atoms with Crippen molar-refractivity contribution >= 4 is 0 Å². The Morgan fingerprint density at radius 2 is 1.93 bits per heavy atom. The molecule has 0 aromatic heterocycles. The molecule has 0 bridgehead atoms. The first-order valence-electron chi connectivity index (χ1n) is 5.90. The summed E-state index contributed by atoms with van der Waals surface area (Å²) in [7, 11) is 2.04. The number of aliphatic hydroxyl groups excluding tert-OH is 1. The van der Waals surface area contributed by atoms with Crippen LogP contribution in [0.2, 0.25) is 0 Å². The van der Waals surface area contributed by atoms with Crippen LogP contribution in [0.25, 0.3) is 0 Å². The van der Waals surface area contributed by atoms with Gasteiger partial charge in [0.1, 0.15) is 0 Å². The summed E-state index contributed by atoms with van der Waals surface area (Å²) < 4.78 is 0. The van der Waals surface area contributed by atoms with Crippen LogP contribution in [0.1, 0.15) is 33.6 Å². The van der Waals surface area contributed by atoms with Gasteiger partial charge in [0.2, 0.25) is 0 Å². The highest BCUT2D eigenvalue weighted by atomic mass is 16.3. The molecule has 1 fully saturated rings. The van der Waals surface area contributed by atoms with Crippen LogP contribution >= 0.6 is 0 Å². The first-order chi connectivity index (χ1) is 6.81.